The van der Waals surface area contributed by atoms with Crippen molar-refractivity contribution in [2.24, 2.45) is 0 Å². The van der Waals surface area contributed by atoms with Gasteiger partial charge in [-0.1, -0.05) is 19.1 Å². The number of hydrogen-bond donors (Lipinski definition) is 1. The lowest BCUT2D eigenvalue weighted by molar-refractivity contribution is 0.102. The van der Waals surface area contributed by atoms with Gasteiger partial charge in [-0.15, -0.1) is 0 Å². The van der Waals surface area contributed by atoms with Gasteiger partial charge in [0.05, 0.1) is 39.9 Å². The highest BCUT2D eigenvalue weighted by Gasteiger charge is 2.32. The number of hydrogen-bond acceptors (Lipinski definition) is 5. The van der Waals surface area contributed by atoms with Crippen molar-refractivity contribution in [3.63, 3.8) is 0 Å². The first-order valence-electron chi connectivity index (χ1n) is 11.5. The Morgan fingerprint density at radius 2 is 1.86 bits per heavy atom. The van der Waals surface area contributed by atoms with Crippen LogP contribution in [-0.4, -0.2) is 40.6 Å². The molecule has 0 spiro atoms. The molecule has 7 nitrogen and oxygen atoms in total. The second-order valence-electron chi connectivity index (χ2n) is 8.85. The summed E-state index contributed by atoms with van der Waals surface area (Å²) in [5.41, 5.74) is 4.35. The van der Waals surface area contributed by atoms with Crippen LogP contribution in [0.4, 0.5) is 10.1 Å². The van der Waals surface area contributed by atoms with Crippen molar-refractivity contribution < 1.29 is 17.6 Å². The first-order valence-corrected chi connectivity index (χ1v) is 13.3. The third kappa shape index (κ3) is 4.55. The summed E-state index contributed by atoms with van der Waals surface area (Å²) >= 11 is 0. The Balaban J connectivity index is 1.64. The van der Waals surface area contributed by atoms with Crippen LogP contribution in [0.1, 0.15) is 41.0 Å². The van der Waals surface area contributed by atoms with Gasteiger partial charge in [0.2, 0.25) is 0 Å². The average molecular weight is 493 g/mol. The molecule has 0 radical (unpaired) electrons. The molecule has 0 aliphatic carbocycles. The van der Waals surface area contributed by atoms with Gasteiger partial charge in [0.15, 0.2) is 15.5 Å². The lowest BCUT2D eigenvalue weighted by Gasteiger charge is -2.12. The van der Waals surface area contributed by atoms with Gasteiger partial charge >= 0.3 is 0 Å². The SMILES string of the molecule is CCc1ccc(NC(=O)c2cc(-c3ccc(F)cc3)nc3c2c(C)nn3C2CCS(=O)(=O)C2)cc1. The van der Waals surface area contributed by atoms with E-state index in [2.05, 4.69) is 17.3 Å². The molecule has 1 unspecified atom stereocenters. The van der Waals surface area contributed by atoms with E-state index in [1.807, 2.05) is 24.3 Å². The zero-order chi connectivity index (χ0) is 24.7. The second-order valence-corrected chi connectivity index (χ2v) is 11.1. The van der Waals surface area contributed by atoms with Crippen molar-refractivity contribution in [2.75, 3.05) is 16.8 Å². The first-order chi connectivity index (χ1) is 16.7. The Morgan fingerprint density at radius 1 is 1.14 bits per heavy atom. The molecule has 1 aliphatic rings. The van der Waals surface area contributed by atoms with Crippen molar-refractivity contribution in [1.82, 2.24) is 14.8 Å². The van der Waals surface area contributed by atoms with E-state index < -0.39 is 9.84 Å². The van der Waals surface area contributed by atoms with Gasteiger partial charge in [0, 0.05) is 11.3 Å². The normalized spacial score (nSPS) is 17.1. The number of nitrogens with zero attached hydrogens (tertiary/aromatic N) is 3. The minimum Gasteiger partial charge on any atom is -0.322 e. The van der Waals surface area contributed by atoms with Crippen molar-refractivity contribution >= 4 is 32.5 Å². The Kier molecular flexibility index (Phi) is 5.88. The van der Waals surface area contributed by atoms with Crippen molar-refractivity contribution in [1.29, 1.82) is 0 Å². The molecule has 1 atom stereocenters. The van der Waals surface area contributed by atoms with Gasteiger partial charge in [0.25, 0.3) is 5.91 Å². The summed E-state index contributed by atoms with van der Waals surface area (Å²) in [5, 5.41) is 8.13. The Bertz CT molecular complexity index is 1530. The number of fused-ring (bicyclic) bond motifs is 1. The third-order valence-corrected chi connectivity index (χ3v) is 8.15. The van der Waals surface area contributed by atoms with E-state index in [1.54, 1.807) is 29.8 Å². The molecule has 1 amide bonds. The van der Waals surface area contributed by atoms with Gasteiger partial charge in [-0.2, -0.15) is 5.10 Å². The number of sulfone groups is 1. The Morgan fingerprint density at radius 3 is 2.49 bits per heavy atom. The number of amides is 1. The van der Waals surface area contributed by atoms with Gasteiger partial charge in [-0.3, -0.25) is 4.79 Å². The second kappa shape index (κ2) is 8.88. The van der Waals surface area contributed by atoms with Crippen LogP contribution in [0.3, 0.4) is 0 Å². The summed E-state index contributed by atoms with van der Waals surface area (Å²) in [6.45, 7) is 3.85. The molecule has 180 valence electrons. The number of aromatic nitrogens is 3. The van der Waals surface area contributed by atoms with E-state index in [9.17, 15) is 17.6 Å². The predicted molar refractivity (Wildman–Crippen MR) is 134 cm³/mol. The van der Waals surface area contributed by atoms with E-state index in [1.165, 1.54) is 12.1 Å². The third-order valence-electron chi connectivity index (χ3n) is 6.40. The number of aryl methyl sites for hydroxylation is 2. The fourth-order valence-corrected chi connectivity index (χ4v) is 6.20. The number of pyridine rings is 1. The molecular formula is C26H25FN4O3S. The van der Waals surface area contributed by atoms with E-state index in [0.29, 0.717) is 45.7 Å². The highest BCUT2D eigenvalue weighted by molar-refractivity contribution is 7.91. The molecule has 1 saturated heterocycles. The summed E-state index contributed by atoms with van der Waals surface area (Å²) in [6.07, 6.45) is 1.34. The van der Waals surface area contributed by atoms with Crippen LogP contribution in [0.15, 0.2) is 54.6 Å². The average Bonchev–Trinajstić information content (AvgIpc) is 3.38. The van der Waals surface area contributed by atoms with Crippen molar-refractivity contribution in [2.45, 2.75) is 32.7 Å². The van der Waals surface area contributed by atoms with E-state index in [4.69, 9.17) is 4.98 Å². The number of anilines is 1. The van der Waals surface area contributed by atoms with Gasteiger partial charge in [0.1, 0.15) is 5.82 Å². The number of benzene rings is 2. The van der Waals surface area contributed by atoms with Crippen LogP contribution < -0.4 is 5.32 Å². The minimum atomic E-state index is -3.15. The van der Waals surface area contributed by atoms with Crippen molar-refractivity contribution in [3.05, 3.63) is 77.2 Å². The summed E-state index contributed by atoms with van der Waals surface area (Å²) in [4.78, 5) is 18.2. The maximum Gasteiger partial charge on any atom is 0.256 e. The maximum absolute atomic E-state index is 13.5. The van der Waals surface area contributed by atoms with Crippen LogP contribution in [0.25, 0.3) is 22.3 Å². The van der Waals surface area contributed by atoms with Crippen molar-refractivity contribution in [3.8, 4) is 11.3 Å². The molecule has 9 heteroatoms. The molecule has 0 bridgehead atoms. The summed E-state index contributed by atoms with van der Waals surface area (Å²) < 4.78 is 39.5. The number of halogens is 1. The van der Waals surface area contributed by atoms with Crippen LogP contribution >= 0.6 is 0 Å². The number of carbonyl (C=O) groups is 1. The van der Waals surface area contributed by atoms with Gasteiger partial charge in [-0.05, 0) is 67.8 Å². The molecule has 35 heavy (non-hydrogen) atoms. The molecule has 2 aromatic heterocycles. The van der Waals surface area contributed by atoms with Crippen LogP contribution in [0.2, 0.25) is 0 Å². The number of rotatable bonds is 5. The summed E-state index contributed by atoms with van der Waals surface area (Å²) in [5.74, 6) is -0.625. The van der Waals surface area contributed by atoms with Crippen LogP contribution in [0, 0.1) is 12.7 Å². The maximum atomic E-state index is 13.5. The quantitative estimate of drug-likeness (QED) is 0.435. The minimum absolute atomic E-state index is 0.0169. The Hall–Kier alpha value is -3.59. The van der Waals surface area contributed by atoms with Crippen LogP contribution in [-0.2, 0) is 16.3 Å². The van der Waals surface area contributed by atoms with Crippen LogP contribution in [0.5, 0.6) is 0 Å². The predicted octanol–water partition coefficient (Wildman–Crippen LogP) is 4.72. The summed E-state index contributed by atoms with van der Waals surface area (Å²) in [7, 11) is -3.15. The molecule has 1 N–H and O–H groups in total. The molecule has 0 saturated carbocycles. The largest absolute Gasteiger partial charge is 0.322 e. The molecule has 4 aromatic rings. The Labute approximate surface area is 202 Å². The van der Waals surface area contributed by atoms with Gasteiger partial charge in [-0.25, -0.2) is 22.5 Å². The zero-order valence-electron chi connectivity index (χ0n) is 19.5. The molecule has 5 rings (SSSR count). The number of carbonyl (C=O) groups excluding carboxylic acids is 1. The zero-order valence-corrected chi connectivity index (χ0v) is 20.3. The molecule has 1 aliphatic heterocycles. The monoisotopic (exact) mass is 492 g/mol. The molecule has 2 aromatic carbocycles. The van der Waals surface area contributed by atoms with E-state index >= 15 is 0 Å². The van der Waals surface area contributed by atoms with E-state index in [-0.39, 0.29) is 29.3 Å². The highest BCUT2D eigenvalue weighted by atomic mass is 32.2. The lowest BCUT2D eigenvalue weighted by atomic mass is 10.0. The molecule has 3 heterocycles. The number of nitrogens with one attached hydrogen (secondary N) is 1. The van der Waals surface area contributed by atoms with Gasteiger partial charge < -0.3 is 5.32 Å². The fourth-order valence-electron chi connectivity index (χ4n) is 4.51. The molecule has 1 fully saturated rings. The fraction of sp³-hybridized carbons (Fsp3) is 0.269. The highest BCUT2D eigenvalue weighted by Crippen LogP contribution is 2.32. The lowest BCUT2D eigenvalue weighted by Crippen LogP contribution is -2.15. The first kappa shape index (κ1) is 23.2. The standard InChI is InChI=1S/C26H25FN4O3S/c1-3-17-4-10-20(11-5-17)28-26(32)22-14-23(18-6-8-19(27)9-7-18)29-25-24(22)16(2)30-31(25)21-12-13-35(33,34)15-21/h4-11,14,21H,3,12-13,15H2,1-2H3,(H,28,32). The van der Waals surface area contributed by atoms with E-state index in [0.717, 1.165) is 12.0 Å². The smallest absolute Gasteiger partial charge is 0.256 e. The topological polar surface area (TPSA) is 93.9 Å². The molecular weight excluding hydrogens is 467 g/mol. The summed E-state index contributed by atoms with van der Waals surface area (Å²) in [6, 6.07) is 14.8.